The van der Waals surface area contributed by atoms with Crippen molar-refractivity contribution in [1.29, 1.82) is 0 Å². The van der Waals surface area contributed by atoms with E-state index in [1.54, 1.807) is 4.90 Å². The topological polar surface area (TPSA) is 55.8 Å². The van der Waals surface area contributed by atoms with Gasteiger partial charge in [-0.15, -0.1) is 0 Å². The molecule has 2 heterocycles. The van der Waals surface area contributed by atoms with Crippen molar-refractivity contribution in [3.63, 3.8) is 0 Å². The molecule has 0 radical (unpaired) electrons. The molecule has 3 rings (SSSR count). The molecular formula is C19H24BrNO4. The summed E-state index contributed by atoms with van der Waals surface area (Å²) in [5.74, 6) is 0.749. The summed E-state index contributed by atoms with van der Waals surface area (Å²) < 4.78 is 12.6. The van der Waals surface area contributed by atoms with Gasteiger partial charge in [0.05, 0.1) is 12.0 Å². The van der Waals surface area contributed by atoms with E-state index >= 15 is 0 Å². The summed E-state index contributed by atoms with van der Waals surface area (Å²) in [4.78, 5) is 26.7. The second kappa shape index (κ2) is 6.63. The Balaban J connectivity index is 1.74. The highest BCUT2D eigenvalue weighted by atomic mass is 79.9. The number of amides is 1. The molecular weight excluding hydrogens is 386 g/mol. The maximum atomic E-state index is 12.6. The van der Waals surface area contributed by atoms with Gasteiger partial charge in [0.2, 0.25) is 0 Å². The van der Waals surface area contributed by atoms with E-state index in [0.717, 1.165) is 17.3 Å². The van der Waals surface area contributed by atoms with Crippen LogP contribution in [-0.4, -0.2) is 41.1 Å². The van der Waals surface area contributed by atoms with Gasteiger partial charge in [-0.1, -0.05) is 15.9 Å². The van der Waals surface area contributed by atoms with Crippen LogP contribution in [0.5, 0.6) is 5.75 Å². The number of benzene rings is 1. The molecule has 1 aromatic carbocycles. The average Bonchev–Trinajstić information content (AvgIpc) is 2.69. The van der Waals surface area contributed by atoms with Gasteiger partial charge in [0.25, 0.3) is 0 Å². The number of nitrogens with zero attached hydrogens (tertiary/aromatic N) is 1. The van der Waals surface area contributed by atoms with E-state index in [0.29, 0.717) is 37.2 Å². The lowest BCUT2D eigenvalue weighted by molar-refractivity contribution is 0.0188. The lowest BCUT2D eigenvalue weighted by Gasteiger charge is -2.37. The van der Waals surface area contributed by atoms with Gasteiger partial charge in [0.15, 0.2) is 5.78 Å². The average molecular weight is 410 g/mol. The second-order valence-electron chi connectivity index (χ2n) is 7.85. The third-order valence-electron chi connectivity index (χ3n) is 4.60. The highest BCUT2D eigenvalue weighted by Gasteiger charge is 2.42. The van der Waals surface area contributed by atoms with Crippen molar-refractivity contribution in [1.82, 2.24) is 4.90 Å². The molecule has 1 aromatic rings. The number of hydrogen-bond donors (Lipinski definition) is 0. The van der Waals surface area contributed by atoms with E-state index in [2.05, 4.69) is 15.9 Å². The first-order valence-electron chi connectivity index (χ1n) is 8.67. The first-order chi connectivity index (χ1) is 11.7. The van der Waals surface area contributed by atoms with Crippen molar-refractivity contribution in [3.05, 3.63) is 28.2 Å². The molecule has 0 bridgehead atoms. The number of ketones is 1. The van der Waals surface area contributed by atoms with Gasteiger partial charge in [0, 0.05) is 24.0 Å². The maximum Gasteiger partial charge on any atom is 0.410 e. The van der Waals surface area contributed by atoms with Crippen LogP contribution in [0.25, 0.3) is 0 Å². The number of Topliss-reactive ketones (excluding diaryl/α,β-unsaturated/α-hetero) is 1. The number of rotatable bonds is 0. The van der Waals surface area contributed by atoms with Gasteiger partial charge in [-0.25, -0.2) is 4.79 Å². The van der Waals surface area contributed by atoms with E-state index in [1.807, 2.05) is 39.0 Å². The van der Waals surface area contributed by atoms with Gasteiger partial charge in [0.1, 0.15) is 17.0 Å². The highest BCUT2D eigenvalue weighted by Crippen LogP contribution is 2.40. The molecule has 1 unspecified atom stereocenters. The first-order valence-corrected chi connectivity index (χ1v) is 9.47. The smallest absolute Gasteiger partial charge is 0.410 e. The molecule has 1 atom stereocenters. The number of hydrogen-bond acceptors (Lipinski definition) is 4. The fraction of sp³-hybridized carbons (Fsp3) is 0.579. The first kappa shape index (κ1) is 18.2. The zero-order valence-corrected chi connectivity index (χ0v) is 16.5. The van der Waals surface area contributed by atoms with E-state index in [1.165, 1.54) is 0 Å². The molecule has 6 heteroatoms. The Morgan fingerprint density at radius 2 is 2.04 bits per heavy atom. The summed E-state index contributed by atoms with van der Waals surface area (Å²) in [6.07, 6.45) is 2.24. The lowest BCUT2D eigenvalue weighted by atomic mass is 9.84. The standard InChI is InChI=1S/C19H24BrNO4/c1-18(2,3)25-17(23)21-9-4-7-19(8-10-21)12-15(22)14-11-13(20)5-6-16(14)24-19/h5-6,11H,4,7-10,12H2,1-3H3. The molecule has 0 N–H and O–H groups in total. The Kier molecular flexibility index (Phi) is 4.84. The molecule has 25 heavy (non-hydrogen) atoms. The normalized spacial score (nSPS) is 23.7. The highest BCUT2D eigenvalue weighted by molar-refractivity contribution is 9.10. The Morgan fingerprint density at radius 3 is 2.76 bits per heavy atom. The number of carbonyl (C=O) groups excluding carboxylic acids is 2. The zero-order chi connectivity index (χ0) is 18.2. The summed E-state index contributed by atoms with van der Waals surface area (Å²) in [6, 6.07) is 5.54. The molecule has 2 aliphatic rings. The molecule has 0 saturated carbocycles. The number of ether oxygens (including phenoxy) is 2. The number of halogens is 1. The van der Waals surface area contributed by atoms with Crippen LogP contribution in [0, 0.1) is 0 Å². The van der Waals surface area contributed by atoms with Crippen LogP contribution in [0.15, 0.2) is 22.7 Å². The summed E-state index contributed by atoms with van der Waals surface area (Å²) in [6.45, 7) is 6.75. The molecule has 0 aliphatic carbocycles. The van der Waals surface area contributed by atoms with Crippen molar-refractivity contribution in [2.75, 3.05) is 13.1 Å². The maximum absolute atomic E-state index is 12.6. The van der Waals surface area contributed by atoms with Crippen LogP contribution in [0.2, 0.25) is 0 Å². The minimum atomic E-state index is -0.519. The molecule has 1 amide bonds. The second-order valence-corrected chi connectivity index (χ2v) is 8.76. The molecule has 136 valence electrons. The van der Waals surface area contributed by atoms with Crippen LogP contribution in [0.1, 0.15) is 56.8 Å². The fourth-order valence-electron chi connectivity index (χ4n) is 3.42. The van der Waals surface area contributed by atoms with Crippen molar-refractivity contribution >= 4 is 27.8 Å². The molecule has 1 saturated heterocycles. The quantitative estimate of drug-likeness (QED) is 0.629. The lowest BCUT2D eigenvalue weighted by Crippen LogP contribution is -2.43. The minimum absolute atomic E-state index is 0.105. The molecule has 1 spiro atoms. The van der Waals surface area contributed by atoms with E-state index in [-0.39, 0.29) is 11.9 Å². The van der Waals surface area contributed by atoms with Crippen LogP contribution >= 0.6 is 15.9 Å². The van der Waals surface area contributed by atoms with Crippen molar-refractivity contribution in [2.24, 2.45) is 0 Å². The van der Waals surface area contributed by atoms with E-state index < -0.39 is 11.2 Å². The Bertz CT molecular complexity index is 697. The Hall–Kier alpha value is -1.56. The van der Waals surface area contributed by atoms with Crippen LogP contribution < -0.4 is 4.74 Å². The van der Waals surface area contributed by atoms with Gasteiger partial charge < -0.3 is 14.4 Å². The largest absolute Gasteiger partial charge is 0.486 e. The fourth-order valence-corrected chi connectivity index (χ4v) is 3.78. The van der Waals surface area contributed by atoms with E-state index in [4.69, 9.17) is 9.47 Å². The predicted octanol–water partition coefficient (Wildman–Crippen LogP) is 4.57. The van der Waals surface area contributed by atoms with Gasteiger partial charge >= 0.3 is 6.09 Å². The molecule has 0 aromatic heterocycles. The Morgan fingerprint density at radius 1 is 1.28 bits per heavy atom. The number of fused-ring (bicyclic) bond motifs is 1. The van der Waals surface area contributed by atoms with Crippen LogP contribution in [0.3, 0.4) is 0 Å². The third-order valence-corrected chi connectivity index (χ3v) is 5.09. The molecule has 5 nitrogen and oxygen atoms in total. The third kappa shape index (κ3) is 4.17. The zero-order valence-electron chi connectivity index (χ0n) is 14.9. The van der Waals surface area contributed by atoms with Gasteiger partial charge in [-0.05, 0) is 51.8 Å². The SMILES string of the molecule is CC(C)(C)OC(=O)N1CCCC2(CC1)CC(=O)c1cc(Br)ccc1O2. The van der Waals surface area contributed by atoms with Gasteiger partial charge in [-0.2, -0.15) is 0 Å². The van der Waals surface area contributed by atoms with Gasteiger partial charge in [-0.3, -0.25) is 4.79 Å². The van der Waals surface area contributed by atoms with Crippen molar-refractivity contribution < 1.29 is 19.1 Å². The summed E-state index contributed by atoms with van der Waals surface area (Å²) in [7, 11) is 0. The van der Waals surface area contributed by atoms with Crippen LogP contribution in [0.4, 0.5) is 4.79 Å². The number of likely N-dealkylation sites (tertiary alicyclic amines) is 1. The Labute approximate surface area is 156 Å². The molecule has 2 aliphatic heterocycles. The monoisotopic (exact) mass is 409 g/mol. The van der Waals surface area contributed by atoms with Crippen molar-refractivity contribution in [3.8, 4) is 5.75 Å². The van der Waals surface area contributed by atoms with Crippen molar-refractivity contribution in [2.45, 2.75) is 57.7 Å². The summed E-state index contributed by atoms with van der Waals surface area (Å²) in [5.41, 5.74) is -0.396. The molecule has 1 fully saturated rings. The summed E-state index contributed by atoms with van der Waals surface area (Å²) >= 11 is 3.40. The minimum Gasteiger partial charge on any atom is -0.486 e. The van der Waals surface area contributed by atoms with E-state index in [9.17, 15) is 9.59 Å². The summed E-state index contributed by atoms with van der Waals surface area (Å²) in [5, 5.41) is 0. The predicted molar refractivity (Wildman–Crippen MR) is 98.1 cm³/mol. The van der Waals surface area contributed by atoms with Crippen LogP contribution in [-0.2, 0) is 4.74 Å². The number of carbonyl (C=O) groups is 2.